The first kappa shape index (κ1) is 24.0. The highest BCUT2D eigenvalue weighted by Gasteiger charge is 2.56. The van der Waals surface area contributed by atoms with Crippen molar-refractivity contribution in [2.75, 3.05) is 0 Å². The van der Waals surface area contributed by atoms with E-state index in [1.54, 1.807) is 24.3 Å². The highest BCUT2D eigenvalue weighted by Crippen LogP contribution is 2.39. The summed E-state index contributed by atoms with van der Waals surface area (Å²) in [5, 5.41) is 8.59. The topological polar surface area (TPSA) is 63.6 Å². The molecule has 31 heavy (non-hydrogen) atoms. The molecule has 0 aliphatic rings. The average Bonchev–Trinajstić information content (AvgIpc) is 2.70. The summed E-state index contributed by atoms with van der Waals surface area (Å²) in [7, 11) is 0. The highest BCUT2D eigenvalue weighted by atomic mass is 19.4. The first-order valence-corrected chi connectivity index (χ1v) is 9.25. The number of carbonyl (C=O) groups is 2. The largest absolute Gasteiger partial charge is 0.478 e. The molecule has 0 unspecified atom stereocenters. The molecule has 9 heteroatoms. The van der Waals surface area contributed by atoms with Gasteiger partial charge in [-0.15, -0.1) is 0 Å². The molecule has 0 atom stereocenters. The first-order chi connectivity index (χ1) is 14.5. The summed E-state index contributed by atoms with van der Waals surface area (Å²) in [4.78, 5) is 22.7. The summed E-state index contributed by atoms with van der Waals surface area (Å²) < 4.78 is 67.3. The van der Waals surface area contributed by atoms with Crippen molar-refractivity contribution in [3.63, 3.8) is 0 Å². The lowest BCUT2D eigenvalue weighted by Crippen LogP contribution is -2.36. The van der Waals surface area contributed by atoms with Gasteiger partial charge in [-0.3, -0.25) is 0 Å². The number of ether oxygens (including phenoxy) is 1. The lowest BCUT2D eigenvalue weighted by Gasteiger charge is -2.19. The number of carbonyl (C=O) groups excluding carboxylic acids is 1. The molecule has 0 amide bonds. The zero-order valence-corrected chi connectivity index (χ0v) is 16.2. The fourth-order valence-electron chi connectivity index (χ4n) is 2.61. The van der Waals surface area contributed by atoms with Crippen LogP contribution in [-0.4, -0.2) is 29.1 Å². The fourth-order valence-corrected chi connectivity index (χ4v) is 2.61. The van der Waals surface area contributed by atoms with E-state index >= 15 is 0 Å². The molecule has 2 aromatic carbocycles. The standard InChI is InChI=1S/C22H19F5O4/c23-21(24,22(25,26)27)14-2-1-3-15-4-9-17(10-5-15)20(30)31-18-11-6-16(7-12-18)8-13-19(28)29/h4-13H,1-3,14H2,(H,28,29)/b13-8+. The Bertz CT molecular complexity index is 916. The van der Waals surface area contributed by atoms with Gasteiger partial charge in [0.1, 0.15) is 5.75 Å². The van der Waals surface area contributed by atoms with Crippen molar-refractivity contribution in [1.29, 1.82) is 0 Å². The summed E-state index contributed by atoms with van der Waals surface area (Å²) in [6, 6.07) is 12.3. The molecule has 0 spiro atoms. The van der Waals surface area contributed by atoms with Gasteiger partial charge in [0.2, 0.25) is 0 Å². The highest BCUT2D eigenvalue weighted by molar-refractivity contribution is 5.91. The van der Waals surface area contributed by atoms with Crippen LogP contribution in [0, 0.1) is 0 Å². The number of hydrogen-bond acceptors (Lipinski definition) is 3. The van der Waals surface area contributed by atoms with Gasteiger partial charge in [0, 0.05) is 12.5 Å². The Labute approximate surface area is 175 Å². The summed E-state index contributed by atoms with van der Waals surface area (Å²) in [6.45, 7) is 0. The summed E-state index contributed by atoms with van der Waals surface area (Å²) in [5.74, 6) is -6.15. The van der Waals surface area contributed by atoms with E-state index < -0.39 is 30.5 Å². The number of alkyl halides is 5. The third kappa shape index (κ3) is 7.51. The Morgan fingerprint density at radius 1 is 0.903 bits per heavy atom. The van der Waals surface area contributed by atoms with E-state index in [1.165, 1.54) is 30.3 Å². The van der Waals surface area contributed by atoms with Crippen molar-refractivity contribution in [3.05, 3.63) is 71.3 Å². The number of rotatable bonds is 9. The maximum atomic E-state index is 12.9. The van der Waals surface area contributed by atoms with Gasteiger partial charge >= 0.3 is 24.0 Å². The van der Waals surface area contributed by atoms with Crippen molar-refractivity contribution in [3.8, 4) is 5.75 Å². The van der Waals surface area contributed by atoms with E-state index in [0.29, 0.717) is 17.5 Å². The number of benzene rings is 2. The number of esters is 1. The maximum absolute atomic E-state index is 12.9. The quantitative estimate of drug-likeness (QED) is 0.172. The number of aliphatic carboxylic acids is 1. The van der Waals surface area contributed by atoms with Gasteiger partial charge in [-0.25, -0.2) is 9.59 Å². The molecule has 0 bridgehead atoms. The molecule has 2 rings (SSSR count). The lowest BCUT2D eigenvalue weighted by molar-refractivity contribution is -0.284. The van der Waals surface area contributed by atoms with E-state index in [9.17, 15) is 31.5 Å². The van der Waals surface area contributed by atoms with Crippen molar-refractivity contribution in [1.82, 2.24) is 0 Å². The molecule has 0 radical (unpaired) electrons. The molecule has 0 fully saturated rings. The zero-order chi connectivity index (χ0) is 23.1. The van der Waals surface area contributed by atoms with Crippen LogP contribution in [0.15, 0.2) is 54.6 Å². The molecule has 4 nitrogen and oxygen atoms in total. The van der Waals surface area contributed by atoms with E-state index in [2.05, 4.69) is 0 Å². The Kier molecular flexibility index (Phi) is 7.90. The lowest BCUT2D eigenvalue weighted by atomic mass is 10.0. The van der Waals surface area contributed by atoms with E-state index in [4.69, 9.17) is 9.84 Å². The molecule has 0 saturated heterocycles. The number of aryl methyl sites for hydroxylation is 1. The van der Waals surface area contributed by atoms with Crippen molar-refractivity contribution in [2.24, 2.45) is 0 Å². The van der Waals surface area contributed by atoms with Crippen LogP contribution in [0.2, 0.25) is 0 Å². The second-order valence-corrected chi connectivity index (χ2v) is 6.74. The van der Waals surface area contributed by atoms with Crippen LogP contribution in [-0.2, 0) is 11.2 Å². The number of carboxylic acid groups (broad SMARTS) is 1. The van der Waals surface area contributed by atoms with Crippen LogP contribution in [0.4, 0.5) is 22.0 Å². The van der Waals surface area contributed by atoms with Crippen molar-refractivity contribution < 1.29 is 41.4 Å². The third-order valence-electron chi connectivity index (χ3n) is 4.32. The predicted molar refractivity (Wildman–Crippen MR) is 103 cm³/mol. The molecule has 0 aliphatic heterocycles. The van der Waals surface area contributed by atoms with E-state index in [-0.39, 0.29) is 24.2 Å². The summed E-state index contributed by atoms with van der Waals surface area (Å²) in [6.07, 6.45) is -4.27. The summed E-state index contributed by atoms with van der Waals surface area (Å²) >= 11 is 0. The van der Waals surface area contributed by atoms with Crippen LogP contribution in [0.25, 0.3) is 6.08 Å². The van der Waals surface area contributed by atoms with E-state index in [0.717, 1.165) is 6.08 Å². The molecule has 0 aliphatic carbocycles. The van der Waals surface area contributed by atoms with Crippen LogP contribution in [0.1, 0.15) is 40.7 Å². The number of halogens is 5. The fraction of sp³-hybridized carbons (Fsp3) is 0.273. The molecular weight excluding hydrogens is 423 g/mol. The Morgan fingerprint density at radius 2 is 1.52 bits per heavy atom. The zero-order valence-electron chi connectivity index (χ0n) is 16.2. The normalized spacial score (nSPS) is 12.2. The first-order valence-electron chi connectivity index (χ1n) is 9.25. The van der Waals surface area contributed by atoms with Gasteiger partial charge in [-0.2, -0.15) is 22.0 Å². The maximum Gasteiger partial charge on any atom is 0.453 e. The van der Waals surface area contributed by atoms with Crippen LogP contribution >= 0.6 is 0 Å². The van der Waals surface area contributed by atoms with Gasteiger partial charge in [0.25, 0.3) is 0 Å². The number of hydrogen-bond donors (Lipinski definition) is 1. The van der Waals surface area contributed by atoms with Crippen molar-refractivity contribution in [2.45, 2.75) is 37.8 Å². The Morgan fingerprint density at radius 3 is 2.06 bits per heavy atom. The molecular formula is C22H19F5O4. The smallest absolute Gasteiger partial charge is 0.453 e. The van der Waals surface area contributed by atoms with Gasteiger partial charge in [-0.1, -0.05) is 24.3 Å². The Hall–Kier alpha value is -3.23. The van der Waals surface area contributed by atoms with Crippen molar-refractivity contribution >= 4 is 18.0 Å². The average molecular weight is 442 g/mol. The molecule has 0 heterocycles. The second kappa shape index (κ2) is 10.2. The molecule has 0 aromatic heterocycles. The van der Waals surface area contributed by atoms with Crippen LogP contribution in [0.3, 0.4) is 0 Å². The molecule has 166 valence electrons. The molecule has 0 saturated carbocycles. The predicted octanol–water partition coefficient (Wildman–Crippen LogP) is 5.91. The second-order valence-electron chi connectivity index (χ2n) is 6.74. The minimum atomic E-state index is -5.54. The van der Waals surface area contributed by atoms with Crippen LogP contribution in [0.5, 0.6) is 5.75 Å². The van der Waals surface area contributed by atoms with Crippen LogP contribution < -0.4 is 4.74 Å². The molecule has 2 aromatic rings. The van der Waals surface area contributed by atoms with Gasteiger partial charge in [0.15, 0.2) is 0 Å². The molecule has 1 N–H and O–H groups in total. The monoisotopic (exact) mass is 442 g/mol. The van der Waals surface area contributed by atoms with Gasteiger partial charge in [0.05, 0.1) is 5.56 Å². The minimum Gasteiger partial charge on any atom is -0.478 e. The Balaban J connectivity index is 1.84. The SMILES string of the molecule is O=C(O)/C=C/c1ccc(OC(=O)c2ccc(CCCCC(F)(F)C(F)(F)F)cc2)cc1. The van der Waals surface area contributed by atoms with Gasteiger partial charge in [-0.05, 0) is 60.7 Å². The summed E-state index contributed by atoms with van der Waals surface area (Å²) in [5.41, 5.74) is 1.54. The minimum absolute atomic E-state index is 0.151. The number of unbranched alkanes of at least 4 members (excludes halogenated alkanes) is 1. The van der Waals surface area contributed by atoms with E-state index in [1.807, 2.05) is 0 Å². The number of carboxylic acids is 1. The van der Waals surface area contributed by atoms with Gasteiger partial charge < -0.3 is 9.84 Å². The third-order valence-corrected chi connectivity index (χ3v) is 4.32.